The number of aromatic nitrogens is 1. The Labute approximate surface area is 121 Å². The van der Waals surface area contributed by atoms with Gasteiger partial charge < -0.3 is 10.3 Å². The third-order valence-corrected chi connectivity index (χ3v) is 5.33. The first-order valence-corrected chi connectivity index (χ1v) is 8.50. The van der Waals surface area contributed by atoms with Crippen molar-refractivity contribution in [1.29, 1.82) is 0 Å². The van der Waals surface area contributed by atoms with Gasteiger partial charge >= 0.3 is 0 Å². The third-order valence-electron chi connectivity index (χ3n) is 3.50. The molecule has 2 rings (SSSR count). The first kappa shape index (κ1) is 15.3. The summed E-state index contributed by atoms with van der Waals surface area (Å²) in [5, 5.41) is 0. The van der Waals surface area contributed by atoms with Crippen molar-refractivity contribution in [3.63, 3.8) is 0 Å². The Balaban J connectivity index is 2.34. The van der Waals surface area contributed by atoms with Crippen LogP contribution in [0.4, 0.5) is 0 Å². The summed E-state index contributed by atoms with van der Waals surface area (Å²) < 4.78 is 28.8. The lowest BCUT2D eigenvalue weighted by atomic mass is 10.4. The topological polar surface area (TPSA) is 68.3 Å². The molecule has 1 aliphatic carbocycles. The van der Waals surface area contributed by atoms with Crippen molar-refractivity contribution in [1.82, 2.24) is 8.87 Å². The van der Waals surface area contributed by atoms with Crippen molar-refractivity contribution < 1.29 is 8.42 Å². The zero-order valence-electron chi connectivity index (χ0n) is 12.0. The van der Waals surface area contributed by atoms with Gasteiger partial charge in [-0.3, -0.25) is 0 Å². The lowest BCUT2D eigenvalue weighted by molar-refractivity contribution is 0.441. The number of hydrogen-bond donors (Lipinski definition) is 1. The Morgan fingerprint density at radius 1 is 1.55 bits per heavy atom. The van der Waals surface area contributed by atoms with Crippen LogP contribution in [0, 0.1) is 0 Å². The van der Waals surface area contributed by atoms with Crippen molar-refractivity contribution in [3.8, 4) is 0 Å². The van der Waals surface area contributed by atoms with E-state index >= 15 is 0 Å². The van der Waals surface area contributed by atoms with E-state index in [2.05, 4.69) is 6.58 Å². The minimum Gasteiger partial charge on any atom is -0.346 e. The molecule has 0 atom stereocenters. The predicted octanol–water partition coefficient (Wildman–Crippen LogP) is 1.87. The second-order valence-corrected chi connectivity index (χ2v) is 7.10. The van der Waals surface area contributed by atoms with E-state index in [-0.39, 0.29) is 0 Å². The molecular weight excluding hydrogens is 274 g/mol. The first-order chi connectivity index (χ1) is 9.54. The fraction of sp³-hybridized carbons (Fsp3) is 0.571. The van der Waals surface area contributed by atoms with E-state index in [1.54, 1.807) is 18.3 Å². The molecule has 0 spiro atoms. The SMILES string of the molecule is C=CCN(CCC)S(=O)(=O)c1cc(CN)n(C2CC2)c1. The van der Waals surface area contributed by atoms with Gasteiger partial charge in [0.2, 0.25) is 10.0 Å². The molecule has 0 amide bonds. The van der Waals surface area contributed by atoms with Gasteiger partial charge in [0.1, 0.15) is 4.90 Å². The van der Waals surface area contributed by atoms with E-state index in [1.165, 1.54) is 4.31 Å². The number of rotatable bonds is 8. The Kier molecular flexibility index (Phi) is 4.67. The molecule has 0 radical (unpaired) electrons. The van der Waals surface area contributed by atoms with Crippen LogP contribution in [0.3, 0.4) is 0 Å². The van der Waals surface area contributed by atoms with E-state index in [1.807, 2.05) is 11.5 Å². The lowest BCUT2D eigenvalue weighted by Gasteiger charge is -2.19. The van der Waals surface area contributed by atoms with Crippen molar-refractivity contribution in [2.24, 2.45) is 5.73 Å². The number of nitrogens with two attached hydrogens (primary N) is 1. The summed E-state index contributed by atoms with van der Waals surface area (Å²) in [6.45, 7) is 6.80. The Morgan fingerprint density at radius 3 is 2.75 bits per heavy atom. The van der Waals surface area contributed by atoms with Crippen molar-refractivity contribution in [2.45, 2.75) is 43.7 Å². The third kappa shape index (κ3) is 2.97. The van der Waals surface area contributed by atoms with Crippen LogP contribution in [0.1, 0.15) is 37.9 Å². The van der Waals surface area contributed by atoms with Gasteiger partial charge in [-0.25, -0.2) is 8.42 Å². The van der Waals surface area contributed by atoms with E-state index in [0.717, 1.165) is 25.0 Å². The second kappa shape index (κ2) is 6.11. The highest BCUT2D eigenvalue weighted by atomic mass is 32.2. The van der Waals surface area contributed by atoms with Crippen LogP contribution in [-0.2, 0) is 16.6 Å². The van der Waals surface area contributed by atoms with Gasteiger partial charge in [-0.15, -0.1) is 6.58 Å². The molecule has 0 saturated heterocycles. The average Bonchev–Trinajstić information content (AvgIpc) is 3.17. The molecule has 1 aromatic heterocycles. The summed E-state index contributed by atoms with van der Waals surface area (Å²) >= 11 is 0. The summed E-state index contributed by atoms with van der Waals surface area (Å²) in [4.78, 5) is 0.347. The van der Waals surface area contributed by atoms with Crippen LogP contribution in [0.5, 0.6) is 0 Å². The fourth-order valence-corrected chi connectivity index (χ4v) is 3.90. The molecule has 1 aliphatic rings. The van der Waals surface area contributed by atoms with Crippen LogP contribution < -0.4 is 5.73 Å². The maximum absolute atomic E-state index is 12.7. The molecule has 0 bridgehead atoms. The van der Waals surface area contributed by atoms with Gasteiger partial charge in [0.25, 0.3) is 0 Å². The van der Waals surface area contributed by atoms with Crippen LogP contribution in [0.25, 0.3) is 0 Å². The van der Waals surface area contributed by atoms with E-state index < -0.39 is 10.0 Å². The van der Waals surface area contributed by atoms with Crippen LogP contribution in [0.2, 0.25) is 0 Å². The quantitative estimate of drug-likeness (QED) is 0.745. The lowest BCUT2D eigenvalue weighted by Crippen LogP contribution is -2.31. The molecule has 2 N–H and O–H groups in total. The van der Waals surface area contributed by atoms with Gasteiger partial charge in [-0.2, -0.15) is 4.31 Å². The highest BCUT2D eigenvalue weighted by Crippen LogP contribution is 2.37. The Bertz CT molecular complexity index is 573. The van der Waals surface area contributed by atoms with Gasteiger partial charge in [0.05, 0.1) is 0 Å². The molecule has 1 saturated carbocycles. The summed E-state index contributed by atoms with van der Waals surface area (Å²) in [7, 11) is -3.46. The van der Waals surface area contributed by atoms with Gasteiger partial charge in [0, 0.05) is 37.6 Å². The highest BCUT2D eigenvalue weighted by Gasteiger charge is 2.30. The van der Waals surface area contributed by atoms with Crippen LogP contribution in [-0.4, -0.2) is 30.4 Å². The predicted molar refractivity (Wildman–Crippen MR) is 79.8 cm³/mol. The minimum absolute atomic E-state index is 0.336. The molecule has 1 heterocycles. The smallest absolute Gasteiger partial charge is 0.244 e. The Morgan fingerprint density at radius 2 is 2.25 bits per heavy atom. The molecule has 6 heteroatoms. The fourth-order valence-electron chi connectivity index (χ4n) is 2.35. The number of hydrogen-bond acceptors (Lipinski definition) is 3. The Hall–Kier alpha value is -1.11. The summed E-state index contributed by atoms with van der Waals surface area (Å²) in [5.74, 6) is 0. The van der Waals surface area contributed by atoms with E-state index in [4.69, 9.17) is 5.73 Å². The van der Waals surface area contributed by atoms with Crippen molar-refractivity contribution in [3.05, 3.63) is 30.6 Å². The maximum atomic E-state index is 12.7. The normalized spacial score (nSPS) is 15.8. The molecule has 1 fully saturated rings. The molecule has 20 heavy (non-hydrogen) atoms. The van der Waals surface area contributed by atoms with Gasteiger partial charge in [-0.05, 0) is 25.3 Å². The monoisotopic (exact) mass is 297 g/mol. The largest absolute Gasteiger partial charge is 0.346 e. The highest BCUT2D eigenvalue weighted by molar-refractivity contribution is 7.89. The summed E-state index contributed by atoms with van der Waals surface area (Å²) in [6, 6.07) is 2.14. The molecule has 112 valence electrons. The van der Waals surface area contributed by atoms with Crippen LogP contribution >= 0.6 is 0 Å². The van der Waals surface area contributed by atoms with Crippen LogP contribution in [0.15, 0.2) is 29.8 Å². The van der Waals surface area contributed by atoms with Crippen molar-refractivity contribution in [2.75, 3.05) is 13.1 Å². The zero-order valence-corrected chi connectivity index (χ0v) is 12.8. The standard InChI is InChI=1S/C14H23N3O2S/c1-3-7-16(8-4-2)20(18,19)14-9-13(10-15)17(11-14)12-5-6-12/h3,9,11-12H,1,4-8,10,15H2,2H3. The second-order valence-electron chi connectivity index (χ2n) is 5.16. The van der Waals surface area contributed by atoms with Crippen molar-refractivity contribution >= 4 is 10.0 Å². The average molecular weight is 297 g/mol. The molecule has 0 aromatic carbocycles. The molecule has 0 aliphatic heterocycles. The maximum Gasteiger partial charge on any atom is 0.244 e. The molecule has 5 nitrogen and oxygen atoms in total. The van der Waals surface area contributed by atoms with Gasteiger partial charge in [0.15, 0.2) is 0 Å². The van der Waals surface area contributed by atoms with Gasteiger partial charge in [-0.1, -0.05) is 13.0 Å². The molecule has 0 unspecified atom stereocenters. The summed E-state index contributed by atoms with van der Waals surface area (Å²) in [5.41, 5.74) is 6.61. The number of nitrogens with zero attached hydrogens (tertiary/aromatic N) is 2. The van der Waals surface area contributed by atoms with E-state index in [0.29, 0.717) is 30.6 Å². The number of sulfonamides is 1. The molecular formula is C14H23N3O2S. The summed E-state index contributed by atoms with van der Waals surface area (Å²) in [6.07, 6.45) is 6.34. The minimum atomic E-state index is -3.46. The van der Waals surface area contributed by atoms with E-state index in [9.17, 15) is 8.42 Å². The molecule has 1 aromatic rings. The first-order valence-electron chi connectivity index (χ1n) is 7.06. The zero-order chi connectivity index (χ0) is 14.8.